The number of anilines is 2. The number of carbonyl (C=O) groups is 4. The molecule has 2 aliphatic carbocycles. The Bertz CT molecular complexity index is 1610. The van der Waals surface area contributed by atoms with Crippen LogP contribution in [0.3, 0.4) is 0 Å². The number of benzene rings is 2. The van der Waals surface area contributed by atoms with Gasteiger partial charge in [0.2, 0.25) is 11.8 Å². The number of para-hydroxylation sites is 1. The molecule has 6 atom stereocenters. The van der Waals surface area contributed by atoms with E-state index in [-0.39, 0.29) is 37.9 Å². The van der Waals surface area contributed by atoms with Gasteiger partial charge in [0.05, 0.1) is 37.3 Å². The van der Waals surface area contributed by atoms with Crippen LogP contribution in [-0.2, 0) is 23.9 Å². The molecule has 12 heteroatoms. The van der Waals surface area contributed by atoms with E-state index in [1.807, 2.05) is 18.2 Å². The number of fused-ring (bicyclic) bond motifs is 4. The smallest absolute Gasteiger partial charge is 0.253 e. The van der Waals surface area contributed by atoms with E-state index in [1.54, 1.807) is 36.4 Å². The molecule has 0 unspecified atom stereocenters. The molecule has 5 aliphatic rings. The largest absolute Gasteiger partial charge is 0.491 e. The quantitative estimate of drug-likeness (QED) is 0.287. The molecule has 0 aromatic heterocycles. The number of allylic oxidation sites excluding steroid dienone is 2. The molecule has 7 rings (SSSR count). The summed E-state index contributed by atoms with van der Waals surface area (Å²) in [6.07, 6.45) is 2.07. The van der Waals surface area contributed by atoms with Gasteiger partial charge in [-0.1, -0.05) is 29.8 Å². The van der Waals surface area contributed by atoms with Crippen LogP contribution in [0.4, 0.5) is 11.4 Å². The number of morpholine rings is 1. The minimum absolute atomic E-state index is 0.00271. The Balaban J connectivity index is 1.29. The Kier molecular flexibility index (Phi) is 7.47. The molecule has 2 aromatic rings. The molecule has 0 bridgehead atoms. The van der Waals surface area contributed by atoms with Crippen LogP contribution in [0, 0.1) is 17.8 Å². The van der Waals surface area contributed by atoms with E-state index in [4.69, 9.17) is 32.7 Å². The van der Waals surface area contributed by atoms with Crippen molar-refractivity contribution in [1.29, 1.82) is 0 Å². The lowest BCUT2D eigenvalue weighted by Gasteiger charge is -2.51. The van der Waals surface area contributed by atoms with Gasteiger partial charge in [-0.2, -0.15) is 0 Å². The van der Waals surface area contributed by atoms with Crippen molar-refractivity contribution in [2.75, 3.05) is 56.4 Å². The molecule has 45 heavy (non-hydrogen) atoms. The zero-order chi connectivity index (χ0) is 31.7. The van der Waals surface area contributed by atoms with Gasteiger partial charge in [-0.15, -0.1) is 23.2 Å². The third-order valence-electron chi connectivity index (χ3n) is 10.1. The topological polar surface area (TPSA) is 117 Å². The van der Waals surface area contributed by atoms with Gasteiger partial charge >= 0.3 is 0 Å². The summed E-state index contributed by atoms with van der Waals surface area (Å²) in [6.45, 7) is 2.56. The van der Waals surface area contributed by atoms with Crippen molar-refractivity contribution in [2.24, 2.45) is 17.8 Å². The molecule has 3 saturated heterocycles. The van der Waals surface area contributed by atoms with E-state index in [1.165, 1.54) is 11.9 Å². The third kappa shape index (κ3) is 4.29. The summed E-state index contributed by atoms with van der Waals surface area (Å²) in [7, 11) is 1.36. The Morgan fingerprint density at radius 2 is 1.62 bits per heavy atom. The Morgan fingerprint density at radius 3 is 2.33 bits per heavy atom. The van der Waals surface area contributed by atoms with E-state index >= 15 is 0 Å². The Morgan fingerprint density at radius 1 is 0.933 bits per heavy atom. The van der Waals surface area contributed by atoms with Crippen molar-refractivity contribution in [2.45, 2.75) is 28.5 Å². The van der Waals surface area contributed by atoms with Crippen molar-refractivity contribution < 1.29 is 33.8 Å². The number of amides is 4. The monoisotopic (exact) mass is 653 g/mol. The maximum absolute atomic E-state index is 14.3. The van der Waals surface area contributed by atoms with Crippen LogP contribution in [0.25, 0.3) is 0 Å². The van der Waals surface area contributed by atoms with E-state index in [0.29, 0.717) is 35.8 Å². The van der Waals surface area contributed by atoms with E-state index < -0.39 is 45.2 Å². The van der Waals surface area contributed by atoms with Crippen LogP contribution in [0.5, 0.6) is 5.75 Å². The minimum atomic E-state index is -1.91. The second-order valence-corrected chi connectivity index (χ2v) is 13.5. The van der Waals surface area contributed by atoms with Crippen molar-refractivity contribution in [3.63, 3.8) is 0 Å². The molecule has 0 spiro atoms. The fraction of sp³-hybridized carbons (Fsp3) is 0.455. The second kappa shape index (κ2) is 11.1. The number of imide groups is 2. The first-order valence-corrected chi connectivity index (χ1v) is 15.9. The summed E-state index contributed by atoms with van der Waals surface area (Å²) in [5, 5.41) is 9.46. The first-order chi connectivity index (χ1) is 21.6. The summed E-state index contributed by atoms with van der Waals surface area (Å²) in [6, 6.07) is 14.4. The number of aliphatic hydroxyl groups excluding tert-OH is 1. The molecule has 4 fully saturated rings. The highest BCUT2D eigenvalue weighted by atomic mass is 35.5. The normalized spacial score (nSPS) is 32.8. The number of nitrogens with zero attached hydrogens (tertiary/aromatic N) is 3. The summed E-state index contributed by atoms with van der Waals surface area (Å²) >= 11 is 14.5. The van der Waals surface area contributed by atoms with Crippen LogP contribution >= 0.6 is 23.2 Å². The fourth-order valence-electron chi connectivity index (χ4n) is 7.98. The number of ether oxygens (including phenoxy) is 2. The summed E-state index contributed by atoms with van der Waals surface area (Å²) in [4.78, 5) is 56.3. The molecule has 1 N–H and O–H groups in total. The molecule has 4 amide bonds. The van der Waals surface area contributed by atoms with E-state index in [2.05, 4.69) is 4.90 Å². The maximum atomic E-state index is 14.3. The number of aliphatic hydroxyl groups is 1. The second-order valence-electron chi connectivity index (χ2n) is 12.2. The van der Waals surface area contributed by atoms with Gasteiger partial charge in [-0.05, 0) is 49.1 Å². The standard InChI is InChI=1S/C33H33Cl2N3O7/c1-36-30(42)32(34)18-24-21(27(33(32,35)31(36)43)22-4-2-3-5-25(22)45-17-14-39)10-11-23-26(24)29(41)38(28(23)40)20-8-6-19(7-9-20)37-12-15-44-16-13-37/h2-10,23-24,26-27,39H,11-18H2,1H3/t23-,24+,26-,27+,32+,33-/m0/s1. The van der Waals surface area contributed by atoms with Crippen LogP contribution in [-0.4, -0.2) is 89.9 Å². The first kappa shape index (κ1) is 30.2. The number of alkyl halides is 2. The number of likely N-dealkylation sites (tertiary alicyclic amines) is 1. The molecule has 3 aliphatic heterocycles. The Labute approximate surface area is 270 Å². The molecule has 236 valence electrons. The lowest BCUT2D eigenvalue weighted by atomic mass is 9.56. The van der Waals surface area contributed by atoms with Gasteiger partial charge in [-0.3, -0.25) is 29.0 Å². The number of hydrogen-bond donors (Lipinski definition) is 1. The van der Waals surface area contributed by atoms with E-state index in [9.17, 15) is 24.3 Å². The van der Waals surface area contributed by atoms with Crippen LogP contribution in [0.15, 0.2) is 60.2 Å². The van der Waals surface area contributed by atoms with Crippen LogP contribution in [0.2, 0.25) is 0 Å². The van der Waals surface area contributed by atoms with Crippen molar-refractivity contribution in [1.82, 2.24) is 4.90 Å². The van der Waals surface area contributed by atoms with Gasteiger partial charge in [0.15, 0.2) is 9.75 Å². The van der Waals surface area contributed by atoms with Gasteiger partial charge < -0.3 is 19.5 Å². The molecule has 0 radical (unpaired) electrons. The third-order valence-corrected chi connectivity index (χ3v) is 11.5. The molecular formula is C33H33Cl2N3O7. The molecular weight excluding hydrogens is 621 g/mol. The van der Waals surface area contributed by atoms with Crippen LogP contribution < -0.4 is 14.5 Å². The van der Waals surface area contributed by atoms with Gasteiger partial charge in [0.1, 0.15) is 12.4 Å². The lowest BCUT2D eigenvalue weighted by molar-refractivity contribution is -0.138. The van der Waals surface area contributed by atoms with Gasteiger partial charge in [0.25, 0.3) is 11.8 Å². The molecule has 1 saturated carbocycles. The van der Waals surface area contributed by atoms with Gasteiger partial charge in [0, 0.05) is 37.3 Å². The highest BCUT2D eigenvalue weighted by molar-refractivity contribution is 6.53. The van der Waals surface area contributed by atoms with Crippen molar-refractivity contribution in [3.8, 4) is 5.75 Å². The Hall–Kier alpha value is -3.44. The fourth-order valence-corrected chi connectivity index (χ4v) is 9.00. The zero-order valence-corrected chi connectivity index (χ0v) is 26.2. The molecule has 10 nitrogen and oxygen atoms in total. The average Bonchev–Trinajstić information content (AvgIpc) is 3.39. The highest BCUT2D eigenvalue weighted by Crippen LogP contribution is 2.66. The predicted molar refractivity (Wildman–Crippen MR) is 166 cm³/mol. The molecule has 2 aromatic carbocycles. The SMILES string of the molecule is CN1C(=O)[C@]2(Cl)C[C@@H]3C(=CC[C@@H]4C(=O)N(c5ccc(N6CCOCC6)cc5)C(=O)[C@@H]43)[C@H](c3ccccc3OCCO)[C@]2(Cl)C1=O. The number of carbonyl (C=O) groups excluding carboxylic acids is 4. The average molecular weight is 655 g/mol. The zero-order valence-electron chi connectivity index (χ0n) is 24.7. The van der Waals surface area contributed by atoms with Crippen molar-refractivity contribution >= 4 is 58.2 Å². The lowest BCUT2D eigenvalue weighted by Crippen LogP contribution is -2.60. The van der Waals surface area contributed by atoms with Gasteiger partial charge in [-0.25, -0.2) is 0 Å². The minimum Gasteiger partial charge on any atom is -0.491 e. The summed E-state index contributed by atoms with van der Waals surface area (Å²) < 4.78 is 11.3. The highest BCUT2D eigenvalue weighted by Gasteiger charge is 2.76. The molecule has 3 heterocycles. The summed E-state index contributed by atoms with van der Waals surface area (Å²) in [5.41, 5.74) is 2.66. The maximum Gasteiger partial charge on any atom is 0.253 e. The number of hydrogen-bond acceptors (Lipinski definition) is 8. The van der Waals surface area contributed by atoms with Crippen molar-refractivity contribution in [3.05, 3.63) is 65.7 Å². The van der Waals surface area contributed by atoms with Crippen LogP contribution in [0.1, 0.15) is 24.3 Å². The first-order valence-electron chi connectivity index (χ1n) is 15.2. The summed E-state index contributed by atoms with van der Waals surface area (Å²) in [5.74, 6) is -4.59. The van der Waals surface area contributed by atoms with E-state index in [0.717, 1.165) is 23.7 Å². The number of rotatable bonds is 6. The predicted octanol–water partition coefficient (Wildman–Crippen LogP) is 3.09. The number of halogens is 2.